The Kier molecular flexibility index (Phi) is 7.09. The molecule has 0 atom stereocenters. The molecule has 0 aromatic heterocycles. The van der Waals surface area contributed by atoms with Crippen LogP contribution in [0.5, 0.6) is 0 Å². The summed E-state index contributed by atoms with van der Waals surface area (Å²) in [6.07, 6.45) is 9.89. The summed E-state index contributed by atoms with van der Waals surface area (Å²) >= 11 is 0. The van der Waals surface area contributed by atoms with Crippen molar-refractivity contribution in [3.63, 3.8) is 0 Å². The number of nitrogens with zero attached hydrogens (tertiary/aromatic N) is 1. The van der Waals surface area contributed by atoms with Crippen LogP contribution in [0.25, 0.3) is 0 Å². The Morgan fingerprint density at radius 3 is 2.50 bits per heavy atom. The van der Waals surface area contributed by atoms with Crippen LogP contribution in [-0.4, -0.2) is 30.8 Å². The van der Waals surface area contributed by atoms with Crippen molar-refractivity contribution in [1.82, 2.24) is 5.32 Å². The van der Waals surface area contributed by atoms with Crippen molar-refractivity contribution in [2.24, 2.45) is 16.1 Å². The summed E-state index contributed by atoms with van der Waals surface area (Å²) in [7, 11) is 0. The van der Waals surface area contributed by atoms with E-state index in [1.54, 1.807) is 0 Å². The van der Waals surface area contributed by atoms with Gasteiger partial charge in [-0.3, -0.25) is 4.99 Å². The number of aliphatic hydroxyl groups is 1. The molecule has 1 aliphatic carbocycles. The van der Waals surface area contributed by atoms with Crippen LogP contribution in [0.1, 0.15) is 58.3 Å². The average Bonchev–Trinajstić information content (AvgIpc) is 3.16. The van der Waals surface area contributed by atoms with Gasteiger partial charge in [0.2, 0.25) is 0 Å². The van der Waals surface area contributed by atoms with Crippen LogP contribution in [0.15, 0.2) is 4.99 Å². The summed E-state index contributed by atoms with van der Waals surface area (Å²) in [6.45, 7) is 4.05. The first-order valence-electron chi connectivity index (χ1n) is 7.37. The number of nitrogens with one attached hydrogen (secondary N) is 1. The van der Waals surface area contributed by atoms with E-state index in [0.29, 0.717) is 12.5 Å². The Balaban J connectivity index is 1.96. The predicted molar refractivity (Wildman–Crippen MR) is 76.6 cm³/mol. The second-order valence-electron chi connectivity index (χ2n) is 5.55. The fourth-order valence-electron chi connectivity index (χ4n) is 1.97. The van der Waals surface area contributed by atoms with Gasteiger partial charge in [-0.05, 0) is 19.3 Å². The van der Waals surface area contributed by atoms with Gasteiger partial charge in [0.25, 0.3) is 0 Å². The van der Waals surface area contributed by atoms with Gasteiger partial charge >= 0.3 is 0 Å². The topological polar surface area (TPSA) is 70.6 Å². The van der Waals surface area contributed by atoms with Gasteiger partial charge in [0.05, 0.1) is 13.2 Å². The second kappa shape index (κ2) is 8.35. The van der Waals surface area contributed by atoms with E-state index < -0.39 is 0 Å². The molecule has 0 saturated heterocycles. The highest BCUT2D eigenvalue weighted by molar-refractivity contribution is 5.77. The van der Waals surface area contributed by atoms with Crippen molar-refractivity contribution < 1.29 is 5.11 Å². The summed E-state index contributed by atoms with van der Waals surface area (Å²) < 4.78 is 0. The summed E-state index contributed by atoms with van der Waals surface area (Å²) in [5.74, 6) is 0.531. The minimum absolute atomic E-state index is 0.0620. The van der Waals surface area contributed by atoms with Crippen molar-refractivity contribution in [3.05, 3.63) is 0 Å². The maximum Gasteiger partial charge on any atom is 0.188 e. The van der Waals surface area contributed by atoms with Crippen LogP contribution in [0.3, 0.4) is 0 Å². The normalized spacial score (nSPS) is 17.8. The first kappa shape index (κ1) is 15.3. The molecule has 1 fully saturated rings. The highest BCUT2D eigenvalue weighted by Crippen LogP contribution is 2.45. The van der Waals surface area contributed by atoms with Gasteiger partial charge in [-0.25, -0.2) is 0 Å². The molecule has 0 spiro atoms. The predicted octanol–water partition coefficient (Wildman–Crippen LogP) is 2.02. The summed E-state index contributed by atoms with van der Waals surface area (Å²) in [5.41, 5.74) is 5.85. The minimum Gasteiger partial charge on any atom is -0.396 e. The van der Waals surface area contributed by atoms with E-state index in [2.05, 4.69) is 17.2 Å². The smallest absolute Gasteiger partial charge is 0.188 e. The van der Waals surface area contributed by atoms with E-state index in [1.165, 1.54) is 32.1 Å². The number of hydrogen-bond donors (Lipinski definition) is 3. The molecule has 4 N–H and O–H groups in total. The van der Waals surface area contributed by atoms with Crippen molar-refractivity contribution in [3.8, 4) is 0 Å². The van der Waals surface area contributed by atoms with Crippen LogP contribution in [0.2, 0.25) is 0 Å². The molecule has 0 aromatic rings. The summed E-state index contributed by atoms with van der Waals surface area (Å²) in [4.78, 5) is 4.30. The molecule has 1 aliphatic rings. The standard InChI is InChI=1S/C14H29N3O/c1-2-3-4-5-6-7-10-16-13(15)17-11-14(12-18)8-9-14/h18H,2-12H2,1H3,(H3,15,16,17). The number of nitrogens with two attached hydrogens (primary N) is 1. The number of unbranched alkanes of at least 4 members (excludes halogenated alkanes) is 5. The van der Waals surface area contributed by atoms with Crippen molar-refractivity contribution >= 4 is 5.96 Å². The van der Waals surface area contributed by atoms with Crippen LogP contribution in [0, 0.1) is 5.41 Å². The fraction of sp³-hybridized carbons (Fsp3) is 0.929. The molecule has 106 valence electrons. The Bertz CT molecular complexity index is 249. The van der Waals surface area contributed by atoms with E-state index in [4.69, 9.17) is 10.8 Å². The maximum absolute atomic E-state index is 9.16. The zero-order chi connectivity index (χ0) is 13.3. The average molecular weight is 255 g/mol. The van der Waals surface area contributed by atoms with Gasteiger partial charge in [-0.2, -0.15) is 0 Å². The Labute approximate surface area is 111 Å². The molecule has 1 saturated carbocycles. The Hall–Kier alpha value is -0.770. The zero-order valence-electron chi connectivity index (χ0n) is 11.7. The third-order valence-electron chi connectivity index (χ3n) is 3.71. The number of aliphatic imine (C=N–C) groups is 1. The molecule has 0 bridgehead atoms. The van der Waals surface area contributed by atoms with Gasteiger partial charge in [-0.15, -0.1) is 0 Å². The molecule has 4 heteroatoms. The highest BCUT2D eigenvalue weighted by atomic mass is 16.3. The van der Waals surface area contributed by atoms with E-state index in [-0.39, 0.29) is 12.0 Å². The molecule has 4 nitrogen and oxygen atoms in total. The molecule has 0 radical (unpaired) electrons. The van der Waals surface area contributed by atoms with Gasteiger partial charge < -0.3 is 16.2 Å². The molecule has 0 aliphatic heterocycles. The van der Waals surface area contributed by atoms with E-state index in [1.807, 2.05) is 0 Å². The van der Waals surface area contributed by atoms with Gasteiger partial charge in [-0.1, -0.05) is 39.0 Å². The SMILES string of the molecule is CCCCCCCCNC(N)=NCC1(CO)CC1. The van der Waals surface area contributed by atoms with Gasteiger partial charge in [0, 0.05) is 12.0 Å². The third kappa shape index (κ3) is 6.24. The van der Waals surface area contributed by atoms with Crippen molar-refractivity contribution in [1.29, 1.82) is 0 Å². The quantitative estimate of drug-likeness (QED) is 0.318. The number of hydrogen-bond acceptors (Lipinski definition) is 2. The molecular formula is C14H29N3O. The van der Waals surface area contributed by atoms with Crippen LogP contribution < -0.4 is 11.1 Å². The Morgan fingerprint density at radius 2 is 1.89 bits per heavy atom. The first-order valence-corrected chi connectivity index (χ1v) is 7.37. The third-order valence-corrected chi connectivity index (χ3v) is 3.71. The first-order chi connectivity index (χ1) is 8.72. The number of guanidine groups is 1. The van der Waals surface area contributed by atoms with Crippen molar-refractivity contribution in [2.45, 2.75) is 58.3 Å². The minimum atomic E-state index is 0.0620. The van der Waals surface area contributed by atoms with Crippen LogP contribution in [0.4, 0.5) is 0 Å². The number of aliphatic hydroxyl groups excluding tert-OH is 1. The summed E-state index contributed by atoms with van der Waals surface area (Å²) in [5, 5.41) is 12.3. The molecule has 0 aromatic carbocycles. The lowest BCUT2D eigenvalue weighted by Crippen LogP contribution is -2.33. The van der Waals surface area contributed by atoms with E-state index >= 15 is 0 Å². The lowest BCUT2D eigenvalue weighted by molar-refractivity contribution is 0.217. The molecular weight excluding hydrogens is 226 g/mol. The highest BCUT2D eigenvalue weighted by Gasteiger charge is 2.41. The molecule has 0 heterocycles. The fourth-order valence-corrected chi connectivity index (χ4v) is 1.97. The summed E-state index contributed by atoms with van der Waals surface area (Å²) in [6, 6.07) is 0. The van der Waals surface area contributed by atoms with Gasteiger partial charge in [0.1, 0.15) is 0 Å². The lowest BCUT2D eigenvalue weighted by Gasteiger charge is -2.09. The van der Waals surface area contributed by atoms with Crippen LogP contribution in [-0.2, 0) is 0 Å². The van der Waals surface area contributed by atoms with Crippen LogP contribution >= 0.6 is 0 Å². The molecule has 0 amide bonds. The molecule has 0 unspecified atom stereocenters. The Morgan fingerprint density at radius 1 is 1.22 bits per heavy atom. The second-order valence-corrected chi connectivity index (χ2v) is 5.55. The largest absolute Gasteiger partial charge is 0.396 e. The lowest BCUT2D eigenvalue weighted by atomic mass is 10.1. The van der Waals surface area contributed by atoms with E-state index in [0.717, 1.165) is 25.8 Å². The van der Waals surface area contributed by atoms with E-state index in [9.17, 15) is 0 Å². The zero-order valence-corrected chi connectivity index (χ0v) is 11.7. The monoisotopic (exact) mass is 255 g/mol. The maximum atomic E-state index is 9.16. The molecule has 18 heavy (non-hydrogen) atoms. The molecule has 1 rings (SSSR count). The van der Waals surface area contributed by atoms with Gasteiger partial charge in [0.15, 0.2) is 5.96 Å². The van der Waals surface area contributed by atoms with Crippen molar-refractivity contribution in [2.75, 3.05) is 19.7 Å². The number of rotatable bonds is 10.